The van der Waals surface area contributed by atoms with E-state index in [0.717, 1.165) is 15.9 Å². The minimum absolute atomic E-state index is 0.0447. The summed E-state index contributed by atoms with van der Waals surface area (Å²) in [5.74, 6) is 0.846. The second-order valence-electron chi connectivity index (χ2n) is 3.86. The summed E-state index contributed by atoms with van der Waals surface area (Å²) in [6.45, 7) is 0.680. The smallest absolute Gasteiger partial charge is 0.240 e. The lowest BCUT2D eigenvalue weighted by molar-refractivity contribution is -0.120. The number of amidine groups is 1. The van der Waals surface area contributed by atoms with E-state index in [9.17, 15) is 4.79 Å². The van der Waals surface area contributed by atoms with E-state index in [1.807, 2.05) is 24.3 Å². The normalized spacial score (nSPS) is 16.0. The van der Waals surface area contributed by atoms with E-state index in [1.54, 1.807) is 23.8 Å². The van der Waals surface area contributed by atoms with Crippen LogP contribution in [0.2, 0.25) is 5.02 Å². The SMILES string of the molecule is CN=C(SCc1ccc(Cl)cc1)N1CCC(=O)N1. The topological polar surface area (TPSA) is 44.7 Å². The van der Waals surface area contributed by atoms with Crippen LogP contribution in [0.5, 0.6) is 0 Å². The second-order valence-corrected chi connectivity index (χ2v) is 5.24. The van der Waals surface area contributed by atoms with Gasteiger partial charge in [-0.15, -0.1) is 0 Å². The summed E-state index contributed by atoms with van der Waals surface area (Å²) in [6.07, 6.45) is 0.528. The minimum atomic E-state index is 0.0447. The van der Waals surface area contributed by atoms with E-state index in [0.29, 0.717) is 13.0 Å². The first kappa shape index (κ1) is 13.2. The Morgan fingerprint density at radius 3 is 2.78 bits per heavy atom. The Morgan fingerprint density at radius 2 is 2.22 bits per heavy atom. The molecular formula is C12H14ClN3OS. The van der Waals surface area contributed by atoms with E-state index in [2.05, 4.69) is 10.4 Å². The van der Waals surface area contributed by atoms with Crippen LogP contribution in [0.25, 0.3) is 0 Å². The predicted molar refractivity (Wildman–Crippen MR) is 75.6 cm³/mol. The fourth-order valence-corrected chi connectivity index (χ4v) is 2.65. The van der Waals surface area contributed by atoms with Crippen LogP contribution >= 0.6 is 23.4 Å². The van der Waals surface area contributed by atoms with Crippen LogP contribution in [-0.2, 0) is 10.5 Å². The number of rotatable bonds is 2. The average molecular weight is 284 g/mol. The zero-order valence-corrected chi connectivity index (χ0v) is 11.6. The van der Waals surface area contributed by atoms with Crippen LogP contribution in [0.3, 0.4) is 0 Å². The quantitative estimate of drug-likeness (QED) is 0.669. The van der Waals surface area contributed by atoms with Gasteiger partial charge in [-0.2, -0.15) is 0 Å². The molecule has 1 aliphatic rings. The highest BCUT2D eigenvalue weighted by molar-refractivity contribution is 8.13. The molecule has 0 bridgehead atoms. The summed E-state index contributed by atoms with van der Waals surface area (Å²) in [5.41, 5.74) is 3.95. The van der Waals surface area contributed by atoms with Crippen LogP contribution in [0.15, 0.2) is 29.3 Å². The molecule has 0 aliphatic carbocycles. The summed E-state index contributed by atoms with van der Waals surface area (Å²) in [7, 11) is 1.73. The fraction of sp³-hybridized carbons (Fsp3) is 0.333. The number of nitrogens with zero attached hydrogens (tertiary/aromatic N) is 2. The van der Waals surface area contributed by atoms with Gasteiger partial charge in [0.2, 0.25) is 5.91 Å². The largest absolute Gasteiger partial charge is 0.273 e. The molecule has 1 N–H and O–H groups in total. The number of hydrazine groups is 1. The number of hydrogen-bond donors (Lipinski definition) is 1. The molecule has 1 aromatic carbocycles. The van der Waals surface area contributed by atoms with Crippen molar-refractivity contribution in [2.45, 2.75) is 12.2 Å². The van der Waals surface area contributed by atoms with Crippen LogP contribution in [0.1, 0.15) is 12.0 Å². The second kappa shape index (κ2) is 6.11. The van der Waals surface area contributed by atoms with E-state index < -0.39 is 0 Å². The Labute approximate surface area is 115 Å². The molecule has 96 valence electrons. The van der Waals surface area contributed by atoms with Crippen molar-refractivity contribution < 1.29 is 4.79 Å². The lowest BCUT2D eigenvalue weighted by Crippen LogP contribution is -2.37. The third kappa shape index (κ3) is 3.40. The monoisotopic (exact) mass is 283 g/mol. The van der Waals surface area contributed by atoms with Crippen molar-refractivity contribution in [3.8, 4) is 0 Å². The van der Waals surface area contributed by atoms with Gasteiger partial charge in [0.1, 0.15) is 0 Å². The molecule has 0 aromatic heterocycles. The molecule has 1 fully saturated rings. The third-order valence-electron chi connectivity index (χ3n) is 2.53. The van der Waals surface area contributed by atoms with E-state index in [1.165, 1.54) is 5.56 Å². The summed E-state index contributed by atoms with van der Waals surface area (Å²) in [6, 6.07) is 7.73. The summed E-state index contributed by atoms with van der Waals surface area (Å²) in [4.78, 5) is 15.4. The first-order chi connectivity index (χ1) is 8.69. The number of carbonyl (C=O) groups is 1. The number of halogens is 1. The molecule has 1 heterocycles. The van der Waals surface area contributed by atoms with E-state index in [4.69, 9.17) is 11.6 Å². The molecule has 1 saturated heterocycles. The number of thioether (sulfide) groups is 1. The van der Waals surface area contributed by atoms with Crippen LogP contribution in [0, 0.1) is 0 Å². The van der Waals surface area contributed by atoms with Crippen molar-refractivity contribution in [2.24, 2.45) is 4.99 Å². The molecule has 2 rings (SSSR count). The molecule has 0 spiro atoms. The Bertz CT molecular complexity index is 461. The van der Waals surface area contributed by atoms with Gasteiger partial charge in [-0.1, -0.05) is 35.5 Å². The van der Waals surface area contributed by atoms with Crippen molar-refractivity contribution in [3.63, 3.8) is 0 Å². The van der Waals surface area contributed by atoms with Crippen molar-refractivity contribution in [2.75, 3.05) is 13.6 Å². The highest BCUT2D eigenvalue weighted by Gasteiger charge is 2.21. The molecular weight excluding hydrogens is 270 g/mol. The van der Waals surface area contributed by atoms with E-state index >= 15 is 0 Å². The maximum atomic E-state index is 11.2. The Kier molecular flexibility index (Phi) is 4.49. The van der Waals surface area contributed by atoms with Gasteiger partial charge in [-0.05, 0) is 17.7 Å². The summed E-state index contributed by atoms with van der Waals surface area (Å²) in [5, 5.41) is 3.36. The lowest BCUT2D eigenvalue weighted by Gasteiger charge is -2.18. The summed E-state index contributed by atoms with van der Waals surface area (Å²) >= 11 is 7.43. The highest BCUT2D eigenvalue weighted by Crippen LogP contribution is 2.19. The minimum Gasteiger partial charge on any atom is -0.273 e. The number of carbonyl (C=O) groups excluding carboxylic acids is 1. The number of benzene rings is 1. The summed E-state index contributed by atoms with van der Waals surface area (Å²) < 4.78 is 0. The molecule has 6 heteroatoms. The molecule has 1 aromatic rings. The Hall–Kier alpha value is -1.20. The van der Waals surface area contributed by atoms with Gasteiger partial charge in [0.25, 0.3) is 0 Å². The van der Waals surface area contributed by atoms with Gasteiger partial charge in [0, 0.05) is 24.2 Å². The molecule has 0 atom stereocenters. The number of nitrogens with one attached hydrogen (secondary N) is 1. The molecule has 0 radical (unpaired) electrons. The zero-order valence-electron chi connectivity index (χ0n) is 10.0. The molecule has 1 amide bonds. The van der Waals surface area contributed by atoms with Gasteiger partial charge in [-0.25, -0.2) is 0 Å². The van der Waals surface area contributed by atoms with Crippen molar-refractivity contribution in [1.82, 2.24) is 10.4 Å². The molecule has 1 aliphatic heterocycles. The number of hydrogen-bond acceptors (Lipinski definition) is 3. The fourth-order valence-electron chi connectivity index (χ4n) is 1.61. The molecule has 4 nitrogen and oxygen atoms in total. The van der Waals surface area contributed by atoms with Crippen molar-refractivity contribution >= 4 is 34.4 Å². The average Bonchev–Trinajstić information content (AvgIpc) is 2.79. The third-order valence-corrected chi connectivity index (χ3v) is 3.92. The highest BCUT2D eigenvalue weighted by atomic mass is 35.5. The molecule has 0 saturated carbocycles. The molecule has 18 heavy (non-hydrogen) atoms. The first-order valence-electron chi connectivity index (χ1n) is 5.60. The lowest BCUT2D eigenvalue weighted by atomic mass is 10.2. The van der Waals surface area contributed by atoms with Gasteiger partial charge in [-0.3, -0.25) is 20.2 Å². The van der Waals surface area contributed by atoms with Gasteiger partial charge >= 0.3 is 0 Å². The van der Waals surface area contributed by atoms with Crippen LogP contribution in [0.4, 0.5) is 0 Å². The number of aliphatic imine (C=N–C) groups is 1. The van der Waals surface area contributed by atoms with E-state index in [-0.39, 0.29) is 5.91 Å². The Balaban J connectivity index is 1.91. The van der Waals surface area contributed by atoms with Crippen LogP contribution < -0.4 is 5.43 Å². The maximum Gasteiger partial charge on any atom is 0.240 e. The van der Waals surface area contributed by atoms with Crippen LogP contribution in [-0.4, -0.2) is 29.7 Å². The number of amides is 1. The van der Waals surface area contributed by atoms with Gasteiger partial charge in [0.15, 0.2) is 5.17 Å². The van der Waals surface area contributed by atoms with Gasteiger partial charge in [0.05, 0.1) is 6.54 Å². The maximum absolute atomic E-state index is 11.2. The predicted octanol–water partition coefficient (Wildman–Crippen LogP) is 2.30. The van der Waals surface area contributed by atoms with Gasteiger partial charge < -0.3 is 0 Å². The first-order valence-corrected chi connectivity index (χ1v) is 6.96. The zero-order chi connectivity index (χ0) is 13.0. The Morgan fingerprint density at radius 1 is 1.50 bits per heavy atom. The molecule has 0 unspecified atom stereocenters. The van der Waals surface area contributed by atoms with Crippen molar-refractivity contribution in [3.05, 3.63) is 34.9 Å². The van der Waals surface area contributed by atoms with Crippen molar-refractivity contribution in [1.29, 1.82) is 0 Å². The standard InChI is InChI=1S/C12H14ClN3OS/c1-14-12(16-7-6-11(17)15-16)18-8-9-2-4-10(13)5-3-9/h2-5H,6-8H2,1H3,(H,15,17).